The number of nitro benzene ring substituents is 1. The maximum absolute atomic E-state index is 12.0. The first-order valence-corrected chi connectivity index (χ1v) is 8.36. The van der Waals surface area contributed by atoms with Crippen molar-refractivity contribution in [1.29, 1.82) is 0 Å². The van der Waals surface area contributed by atoms with Crippen LogP contribution in [0.3, 0.4) is 0 Å². The number of hydrogen-bond donors (Lipinski definition) is 1. The Labute approximate surface area is 156 Å². The van der Waals surface area contributed by atoms with Gasteiger partial charge < -0.3 is 10.1 Å². The lowest BCUT2D eigenvalue weighted by atomic mass is 10.1. The lowest BCUT2D eigenvalue weighted by Crippen LogP contribution is -2.20. The van der Waals surface area contributed by atoms with Gasteiger partial charge in [-0.2, -0.15) is 0 Å². The van der Waals surface area contributed by atoms with E-state index in [4.69, 9.17) is 4.74 Å². The maximum Gasteiger partial charge on any atom is 0.274 e. The van der Waals surface area contributed by atoms with Crippen molar-refractivity contribution in [2.75, 3.05) is 11.9 Å². The second kappa shape index (κ2) is 8.14. The van der Waals surface area contributed by atoms with Crippen LogP contribution in [0.25, 0.3) is 11.1 Å². The van der Waals surface area contributed by atoms with E-state index in [-0.39, 0.29) is 18.2 Å². The number of aryl methyl sites for hydroxylation is 1. The Hall–Kier alpha value is -3.67. The zero-order valence-corrected chi connectivity index (χ0v) is 14.7. The fourth-order valence-corrected chi connectivity index (χ4v) is 2.60. The van der Waals surface area contributed by atoms with Crippen LogP contribution in [0.2, 0.25) is 0 Å². The smallest absolute Gasteiger partial charge is 0.274 e. The fourth-order valence-electron chi connectivity index (χ4n) is 2.60. The second-order valence-corrected chi connectivity index (χ2v) is 5.99. The molecule has 0 saturated heterocycles. The summed E-state index contributed by atoms with van der Waals surface area (Å²) in [6.45, 7) is 1.46. The summed E-state index contributed by atoms with van der Waals surface area (Å²) in [5.41, 5.74) is 3.01. The summed E-state index contributed by atoms with van der Waals surface area (Å²) in [5, 5.41) is 13.6. The number of nitrogens with zero attached hydrogens (tertiary/aromatic N) is 1. The lowest BCUT2D eigenvalue weighted by Gasteiger charge is -2.09. The van der Waals surface area contributed by atoms with E-state index in [1.165, 1.54) is 6.07 Å². The Morgan fingerprint density at radius 1 is 1.00 bits per heavy atom. The summed E-state index contributed by atoms with van der Waals surface area (Å²) in [6.07, 6.45) is 0. The van der Waals surface area contributed by atoms with Gasteiger partial charge in [0.15, 0.2) is 6.61 Å². The van der Waals surface area contributed by atoms with E-state index in [0.717, 1.165) is 11.1 Å². The molecule has 0 spiro atoms. The average molecular weight is 362 g/mol. The lowest BCUT2D eigenvalue weighted by molar-refractivity contribution is -0.385. The highest BCUT2D eigenvalue weighted by molar-refractivity contribution is 5.92. The summed E-state index contributed by atoms with van der Waals surface area (Å²) < 4.78 is 5.49. The summed E-state index contributed by atoms with van der Waals surface area (Å²) in [7, 11) is 0. The van der Waals surface area contributed by atoms with E-state index in [1.54, 1.807) is 31.2 Å². The van der Waals surface area contributed by atoms with Crippen LogP contribution < -0.4 is 10.1 Å². The van der Waals surface area contributed by atoms with E-state index in [1.807, 2.05) is 42.5 Å². The van der Waals surface area contributed by atoms with Gasteiger partial charge in [-0.25, -0.2) is 0 Å². The van der Waals surface area contributed by atoms with E-state index >= 15 is 0 Å². The molecule has 0 aliphatic heterocycles. The number of ether oxygens (including phenoxy) is 1. The Morgan fingerprint density at radius 2 is 1.67 bits per heavy atom. The summed E-state index contributed by atoms with van der Waals surface area (Å²) in [4.78, 5) is 22.5. The molecule has 27 heavy (non-hydrogen) atoms. The molecule has 0 saturated carbocycles. The van der Waals surface area contributed by atoms with Crippen molar-refractivity contribution in [1.82, 2.24) is 0 Å². The monoisotopic (exact) mass is 362 g/mol. The zero-order valence-electron chi connectivity index (χ0n) is 14.7. The SMILES string of the molecule is Cc1ccc(NC(=O)COc2ccc(-c3ccccc3)cc2)cc1[N+](=O)[O-]. The summed E-state index contributed by atoms with van der Waals surface area (Å²) in [6, 6.07) is 21.9. The molecule has 0 atom stereocenters. The molecule has 1 N–H and O–H groups in total. The number of hydrogen-bond acceptors (Lipinski definition) is 4. The van der Waals surface area contributed by atoms with Gasteiger partial charge in [-0.15, -0.1) is 0 Å². The van der Waals surface area contributed by atoms with E-state index in [0.29, 0.717) is 17.0 Å². The van der Waals surface area contributed by atoms with Gasteiger partial charge in [-0.3, -0.25) is 14.9 Å². The van der Waals surface area contributed by atoms with Gasteiger partial charge in [0.05, 0.1) is 4.92 Å². The predicted molar refractivity (Wildman–Crippen MR) is 104 cm³/mol. The van der Waals surface area contributed by atoms with Gasteiger partial charge in [-0.1, -0.05) is 48.5 Å². The van der Waals surface area contributed by atoms with Gasteiger partial charge in [0, 0.05) is 17.3 Å². The third-order valence-corrected chi connectivity index (χ3v) is 4.02. The fraction of sp³-hybridized carbons (Fsp3) is 0.0952. The standard InChI is InChI=1S/C21H18N2O4/c1-15-7-10-18(13-20(15)23(25)26)22-21(24)14-27-19-11-8-17(9-12-19)16-5-3-2-4-6-16/h2-13H,14H2,1H3,(H,22,24). The van der Waals surface area contributed by atoms with Gasteiger partial charge >= 0.3 is 0 Å². The Bertz CT molecular complexity index is 954. The minimum absolute atomic E-state index is 0.0368. The number of benzene rings is 3. The number of nitro groups is 1. The first-order valence-electron chi connectivity index (χ1n) is 8.36. The molecule has 0 bridgehead atoms. The van der Waals surface area contributed by atoms with Crippen LogP contribution in [0.15, 0.2) is 72.8 Å². The van der Waals surface area contributed by atoms with Crippen LogP contribution in [0.4, 0.5) is 11.4 Å². The third-order valence-electron chi connectivity index (χ3n) is 4.02. The van der Waals surface area contributed by atoms with Gasteiger partial charge in [0.2, 0.25) is 0 Å². The van der Waals surface area contributed by atoms with Crippen LogP contribution in [0, 0.1) is 17.0 Å². The molecule has 1 amide bonds. The number of carbonyl (C=O) groups excluding carboxylic acids is 1. The number of rotatable bonds is 6. The first-order chi connectivity index (χ1) is 13.0. The molecule has 0 heterocycles. The largest absolute Gasteiger partial charge is 0.484 e. The molecule has 0 aliphatic carbocycles. The highest BCUT2D eigenvalue weighted by Gasteiger charge is 2.12. The molecule has 136 valence electrons. The van der Waals surface area contributed by atoms with Crippen LogP contribution in [0.5, 0.6) is 5.75 Å². The molecule has 0 radical (unpaired) electrons. The van der Waals surface area contributed by atoms with E-state index < -0.39 is 4.92 Å². The highest BCUT2D eigenvalue weighted by Crippen LogP contribution is 2.23. The Morgan fingerprint density at radius 3 is 2.33 bits per heavy atom. The predicted octanol–water partition coefficient (Wildman–Crippen LogP) is 4.59. The molecule has 3 rings (SSSR count). The molecular weight excluding hydrogens is 344 g/mol. The average Bonchev–Trinajstić information content (AvgIpc) is 2.69. The quantitative estimate of drug-likeness (QED) is 0.514. The van der Waals surface area contributed by atoms with Crippen molar-refractivity contribution in [2.45, 2.75) is 6.92 Å². The van der Waals surface area contributed by atoms with Crippen molar-refractivity contribution in [3.63, 3.8) is 0 Å². The summed E-state index contributed by atoms with van der Waals surface area (Å²) >= 11 is 0. The van der Waals surface area contributed by atoms with Crippen molar-refractivity contribution < 1.29 is 14.5 Å². The maximum atomic E-state index is 12.0. The topological polar surface area (TPSA) is 81.5 Å². The zero-order chi connectivity index (χ0) is 19.2. The van der Waals surface area contributed by atoms with Crippen LogP contribution in [0.1, 0.15) is 5.56 Å². The normalized spacial score (nSPS) is 10.3. The molecule has 0 fully saturated rings. The van der Waals surface area contributed by atoms with E-state index in [2.05, 4.69) is 5.32 Å². The highest BCUT2D eigenvalue weighted by atomic mass is 16.6. The van der Waals surface area contributed by atoms with Crippen molar-refractivity contribution in [3.05, 3.63) is 88.5 Å². The van der Waals surface area contributed by atoms with Crippen molar-refractivity contribution in [2.24, 2.45) is 0 Å². The minimum atomic E-state index is -0.476. The molecule has 3 aromatic carbocycles. The third kappa shape index (κ3) is 4.70. The molecule has 6 heteroatoms. The van der Waals surface area contributed by atoms with Crippen LogP contribution >= 0.6 is 0 Å². The number of anilines is 1. The summed E-state index contributed by atoms with van der Waals surface area (Å²) in [5.74, 6) is 0.181. The molecule has 3 aromatic rings. The molecule has 0 aromatic heterocycles. The molecular formula is C21H18N2O4. The van der Waals surface area contributed by atoms with Gasteiger partial charge in [0.1, 0.15) is 5.75 Å². The number of amides is 1. The molecule has 6 nitrogen and oxygen atoms in total. The number of nitrogens with one attached hydrogen (secondary N) is 1. The van der Waals surface area contributed by atoms with Crippen LogP contribution in [-0.2, 0) is 4.79 Å². The first kappa shape index (κ1) is 18.1. The van der Waals surface area contributed by atoms with Gasteiger partial charge in [0.25, 0.3) is 11.6 Å². The van der Waals surface area contributed by atoms with Crippen molar-refractivity contribution >= 4 is 17.3 Å². The van der Waals surface area contributed by atoms with Crippen molar-refractivity contribution in [3.8, 4) is 16.9 Å². The van der Waals surface area contributed by atoms with E-state index in [9.17, 15) is 14.9 Å². The Balaban J connectivity index is 1.58. The van der Waals surface area contributed by atoms with Gasteiger partial charge in [-0.05, 0) is 36.2 Å². The van der Waals surface area contributed by atoms with Crippen LogP contribution in [-0.4, -0.2) is 17.4 Å². The molecule has 0 aliphatic rings. The minimum Gasteiger partial charge on any atom is -0.484 e. The second-order valence-electron chi connectivity index (χ2n) is 5.99. The Kier molecular flexibility index (Phi) is 5.47. The molecule has 0 unspecified atom stereocenters. The number of carbonyl (C=O) groups is 1.